The Morgan fingerprint density at radius 1 is 1.00 bits per heavy atom. The molecule has 0 atom stereocenters. The zero-order chi connectivity index (χ0) is 8.04. The van der Waals surface area contributed by atoms with Gasteiger partial charge in [0.15, 0.2) is 0 Å². The van der Waals surface area contributed by atoms with E-state index in [2.05, 4.69) is 26.9 Å². The maximum absolute atomic E-state index is 2.52. The fourth-order valence-electron chi connectivity index (χ4n) is 1.46. The summed E-state index contributed by atoms with van der Waals surface area (Å²) in [4.78, 5) is 0. The molecule has 0 aliphatic heterocycles. The Labute approximate surface area is 86.8 Å². The summed E-state index contributed by atoms with van der Waals surface area (Å²) < 4.78 is 0. The largest absolute Gasteiger partial charge is 1.00 e. The van der Waals surface area contributed by atoms with E-state index in [1.54, 1.807) is 0 Å². The van der Waals surface area contributed by atoms with Gasteiger partial charge in [0, 0.05) is 8.07 Å². The molecule has 2 heteroatoms. The standard InChI is InChI=1S/C9H22Si.Li.H/c1-5-7-9-10(3,4)8-6-2;;/h5-9H2,1-4H3;;/q;+1;-1. The van der Waals surface area contributed by atoms with Crippen LogP contribution in [0.3, 0.4) is 0 Å². The second-order valence-corrected chi connectivity index (χ2v) is 9.35. The van der Waals surface area contributed by atoms with Gasteiger partial charge in [-0.05, 0) is 0 Å². The van der Waals surface area contributed by atoms with Crippen LogP contribution in [0.4, 0.5) is 0 Å². The van der Waals surface area contributed by atoms with E-state index in [0.29, 0.717) is 0 Å². The van der Waals surface area contributed by atoms with E-state index < -0.39 is 8.07 Å². The van der Waals surface area contributed by atoms with Crippen LogP contribution in [-0.4, -0.2) is 8.07 Å². The molecule has 0 amide bonds. The normalized spacial score (nSPS) is 10.9. The topological polar surface area (TPSA) is 0 Å². The third-order valence-electron chi connectivity index (χ3n) is 2.13. The predicted octanol–water partition coefficient (Wildman–Crippen LogP) is 1.02. The summed E-state index contributed by atoms with van der Waals surface area (Å²) in [6.45, 7) is 9.63. The minimum absolute atomic E-state index is 0. The Hall–Kier alpha value is 0.814. The van der Waals surface area contributed by atoms with Crippen molar-refractivity contribution in [2.24, 2.45) is 0 Å². The maximum Gasteiger partial charge on any atom is 1.00 e. The van der Waals surface area contributed by atoms with Gasteiger partial charge in [0.05, 0.1) is 0 Å². The molecule has 0 aromatic carbocycles. The molecule has 0 N–H and O–H groups in total. The SMILES string of the molecule is CCCC[Si](C)(C)CCC.[H-].[Li+]. The van der Waals surface area contributed by atoms with Gasteiger partial charge in [-0.1, -0.05) is 58.3 Å². The zero-order valence-electron chi connectivity index (χ0n) is 10.0. The third kappa shape index (κ3) is 8.72. The molecule has 0 aliphatic carbocycles. The van der Waals surface area contributed by atoms with Gasteiger partial charge in [-0.15, -0.1) is 0 Å². The number of rotatable bonds is 5. The molecule has 0 radical (unpaired) electrons. The molecular formula is C9H23LiSi. The van der Waals surface area contributed by atoms with E-state index in [0.717, 1.165) is 0 Å². The van der Waals surface area contributed by atoms with Crippen LogP contribution in [0.25, 0.3) is 0 Å². The van der Waals surface area contributed by atoms with Gasteiger partial charge < -0.3 is 1.43 Å². The second-order valence-electron chi connectivity index (χ2n) is 4.02. The van der Waals surface area contributed by atoms with Crippen molar-refractivity contribution >= 4 is 8.07 Å². The van der Waals surface area contributed by atoms with Crippen molar-refractivity contribution < 1.29 is 20.3 Å². The van der Waals surface area contributed by atoms with E-state index >= 15 is 0 Å². The monoisotopic (exact) mass is 166 g/mol. The zero-order valence-corrected chi connectivity index (χ0v) is 10.0. The Morgan fingerprint density at radius 3 is 1.91 bits per heavy atom. The quantitative estimate of drug-likeness (QED) is 0.535. The van der Waals surface area contributed by atoms with Crippen LogP contribution in [0.5, 0.6) is 0 Å². The van der Waals surface area contributed by atoms with Gasteiger partial charge in [0.25, 0.3) is 0 Å². The summed E-state index contributed by atoms with van der Waals surface area (Å²) in [6.07, 6.45) is 4.22. The Morgan fingerprint density at radius 2 is 1.55 bits per heavy atom. The molecule has 0 rings (SSSR count). The van der Waals surface area contributed by atoms with Crippen molar-refractivity contribution in [3.8, 4) is 0 Å². The second kappa shape index (κ2) is 7.46. The molecule has 0 heterocycles. The van der Waals surface area contributed by atoms with Gasteiger partial charge in [-0.25, -0.2) is 0 Å². The first kappa shape index (κ1) is 14.3. The van der Waals surface area contributed by atoms with Crippen molar-refractivity contribution in [2.75, 3.05) is 0 Å². The van der Waals surface area contributed by atoms with E-state index in [4.69, 9.17) is 0 Å². The van der Waals surface area contributed by atoms with Crippen molar-refractivity contribution in [3.05, 3.63) is 0 Å². The molecule has 0 nitrogen and oxygen atoms in total. The molecule has 0 unspecified atom stereocenters. The molecule has 64 valence electrons. The molecule has 0 aliphatic rings. The van der Waals surface area contributed by atoms with Crippen LogP contribution in [0.2, 0.25) is 25.2 Å². The van der Waals surface area contributed by atoms with Crippen molar-refractivity contribution in [1.29, 1.82) is 0 Å². The fraction of sp³-hybridized carbons (Fsp3) is 1.00. The van der Waals surface area contributed by atoms with Crippen LogP contribution in [0.1, 0.15) is 34.5 Å². The van der Waals surface area contributed by atoms with Crippen LogP contribution >= 0.6 is 0 Å². The van der Waals surface area contributed by atoms with Crippen molar-refractivity contribution in [3.63, 3.8) is 0 Å². The van der Waals surface area contributed by atoms with Gasteiger partial charge in [0.1, 0.15) is 0 Å². The molecule has 0 fully saturated rings. The molecule has 0 spiro atoms. The maximum atomic E-state index is 2.52. The van der Waals surface area contributed by atoms with Crippen molar-refractivity contribution in [2.45, 2.75) is 58.3 Å². The summed E-state index contributed by atoms with van der Waals surface area (Å²) in [7, 11) is -0.724. The Kier molecular flexibility index (Phi) is 9.73. The molecular weight excluding hydrogens is 143 g/mol. The Balaban J connectivity index is -0.000000405. The van der Waals surface area contributed by atoms with Gasteiger partial charge >= 0.3 is 18.9 Å². The van der Waals surface area contributed by atoms with Crippen LogP contribution in [-0.2, 0) is 0 Å². The molecule has 11 heavy (non-hydrogen) atoms. The minimum Gasteiger partial charge on any atom is -1.00 e. The van der Waals surface area contributed by atoms with E-state index in [1.165, 1.54) is 31.4 Å². The van der Waals surface area contributed by atoms with Crippen LogP contribution < -0.4 is 18.9 Å². The average Bonchev–Trinajstić information content (AvgIpc) is 1.84. The fourth-order valence-corrected chi connectivity index (χ4v) is 4.37. The van der Waals surface area contributed by atoms with E-state index in [9.17, 15) is 0 Å². The van der Waals surface area contributed by atoms with Crippen molar-refractivity contribution in [1.82, 2.24) is 0 Å². The molecule has 0 saturated carbocycles. The van der Waals surface area contributed by atoms with Gasteiger partial charge in [-0.3, -0.25) is 0 Å². The average molecular weight is 166 g/mol. The van der Waals surface area contributed by atoms with E-state index in [-0.39, 0.29) is 20.3 Å². The van der Waals surface area contributed by atoms with Crippen LogP contribution in [0, 0.1) is 0 Å². The summed E-state index contributed by atoms with van der Waals surface area (Å²) in [5, 5.41) is 0. The van der Waals surface area contributed by atoms with Crippen LogP contribution in [0.15, 0.2) is 0 Å². The molecule has 0 saturated heterocycles. The predicted molar refractivity (Wildman–Crippen MR) is 53.4 cm³/mol. The Bertz CT molecular complexity index is 86.6. The smallest absolute Gasteiger partial charge is 1.00 e. The number of hydrogen-bond donors (Lipinski definition) is 0. The first-order valence-electron chi connectivity index (χ1n) is 4.62. The number of unbranched alkanes of at least 4 members (excludes halogenated alkanes) is 1. The minimum atomic E-state index is -0.724. The molecule has 0 aromatic heterocycles. The summed E-state index contributed by atoms with van der Waals surface area (Å²) in [5.41, 5.74) is 0. The first-order chi connectivity index (χ1) is 4.62. The molecule has 0 bridgehead atoms. The molecule has 0 aromatic rings. The van der Waals surface area contributed by atoms with E-state index in [1.807, 2.05) is 0 Å². The first-order valence-corrected chi connectivity index (χ1v) is 8.04. The van der Waals surface area contributed by atoms with Gasteiger partial charge in [0.2, 0.25) is 0 Å². The summed E-state index contributed by atoms with van der Waals surface area (Å²) >= 11 is 0. The third-order valence-corrected chi connectivity index (χ3v) is 5.69. The summed E-state index contributed by atoms with van der Waals surface area (Å²) in [5.74, 6) is 0. The summed E-state index contributed by atoms with van der Waals surface area (Å²) in [6, 6.07) is 3.06. The van der Waals surface area contributed by atoms with Gasteiger partial charge in [-0.2, -0.15) is 0 Å². The number of hydrogen-bond acceptors (Lipinski definition) is 0.